The third kappa shape index (κ3) is 2.36. The van der Waals surface area contributed by atoms with Gasteiger partial charge in [0, 0.05) is 13.0 Å². The number of carbonyl (C=O) groups excluding carboxylic acids is 1. The van der Waals surface area contributed by atoms with Crippen molar-refractivity contribution >= 4 is 12.0 Å². The summed E-state index contributed by atoms with van der Waals surface area (Å²) in [5.74, 6) is 0.198. The molecule has 0 aromatic heterocycles. The van der Waals surface area contributed by atoms with Crippen molar-refractivity contribution in [1.82, 2.24) is 4.90 Å². The lowest BCUT2D eigenvalue weighted by Gasteiger charge is -2.49. The molecule has 2 aliphatic heterocycles. The Balaban J connectivity index is 2.23. The molecule has 2 amide bonds. The zero-order chi connectivity index (χ0) is 14.3. The maximum Gasteiger partial charge on any atom is 0.514 e. The Morgan fingerprint density at radius 2 is 2.05 bits per heavy atom. The Morgan fingerprint density at radius 3 is 2.53 bits per heavy atom. The van der Waals surface area contributed by atoms with Gasteiger partial charge in [0.1, 0.15) is 12.1 Å². The van der Waals surface area contributed by atoms with E-state index in [1.807, 2.05) is 25.7 Å². The summed E-state index contributed by atoms with van der Waals surface area (Å²) in [6.45, 7) is 7.95. The first kappa shape index (κ1) is 14.3. The normalized spacial score (nSPS) is 32.7. The fourth-order valence-electron chi connectivity index (χ4n) is 3.52. The predicted octanol–water partition coefficient (Wildman–Crippen LogP) is 2.06. The van der Waals surface area contributed by atoms with Crippen LogP contribution >= 0.6 is 0 Å². The Labute approximate surface area is 114 Å². The number of likely N-dealkylation sites (tertiary alicyclic amines) is 2. The number of hydrogen-bond donors (Lipinski definition) is 1. The molecule has 5 heteroatoms. The summed E-state index contributed by atoms with van der Waals surface area (Å²) >= 11 is 0. The molecule has 2 rings (SSSR count). The third-order valence-corrected chi connectivity index (χ3v) is 4.80. The Hall–Kier alpha value is -1.10. The van der Waals surface area contributed by atoms with Gasteiger partial charge in [-0.05, 0) is 40.0 Å². The second-order valence-corrected chi connectivity index (χ2v) is 6.81. The third-order valence-electron chi connectivity index (χ3n) is 4.80. The summed E-state index contributed by atoms with van der Waals surface area (Å²) in [7, 11) is 0. The molecular weight excluding hydrogens is 244 g/mol. The van der Waals surface area contributed by atoms with Crippen LogP contribution in [-0.4, -0.2) is 57.7 Å². The van der Waals surface area contributed by atoms with Crippen LogP contribution in [0.4, 0.5) is 4.79 Å². The van der Waals surface area contributed by atoms with E-state index >= 15 is 0 Å². The van der Waals surface area contributed by atoms with Crippen molar-refractivity contribution < 1.29 is 19.2 Å². The summed E-state index contributed by atoms with van der Waals surface area (Å²) in [5.41, 5.74) is -0.340. The van der Waals surface area contributed by atoms with Crippen molar-refractivity contribution in [2.75, 3.05) is 19.6 Å². The van der Waals surface area contributed by atoms with E-state index in [4.69, 9.17) is 0 Å². The summed E-state index contributed by atoms with van der Waals surface area (Å²) in [6, 6.07) is 0.0964. The molecule has 108 valence electrons. The van der Waals surface area contributed by atoms with Gasteiger partial charge in [0.25, 0.3) is 0 Å². The van der Waals surface area contributed by atoms with Crippen LogP contribution in [-0.2, 0) is 4.79 Å². The van der Waals surface area contributed by atoms with E-state index in [1.165, 1.54) is 0 Å². The minimum atomic E-state index is -0.760. The van der Waals surface area contributed by atoms with Gasteiger partial charge in [-0.25, -0.2) is 4.48 Å². The number of nitrogens with zero attached hydrogens (tertiary/aromatic N) is 2. The molecule has 1 unspecified atom stereocenters. The van der Waals surface area contributed by atoms with Crippen LogP contribution in [0.5, 0.6) is 0 Å². The average Bonchev–Trinajstić information content (AvgIpc) is 2.74. The second-order valence-electron chi connectivity index (χ2n) is 6.81. The average molecular weight is 269 g/mol. The van der Waals surface area contributed by atoms with Gasteiger partial charge in [-0.15, -0.1) is 0 Å². The summed E-state index contributed by atoms with van der Waals surface area (Å²) in [5, 5.41) is 9.72. The predicted molar refractivity (Wildman–Crippen MR) is 71.7 cm³/mol. The fraction of sp³-hybridized carbons (Fsp3) is 0.857. The molecule has 5 nitrogen and oxygen atoms in total. The summed E-state index contributed by atoms with van der Waals surface area (Å²) in [4.78, 5) is 25.6. The fourth-order valence-corrected chi connectivity index (χ4v) is 3.52. The lowest BCUT2D eigenvalue weighted by molar-refractivity contribution is -0.909. The molecule has 0 radical (unpaired) electrons. The van der Waals surface area contributed by atoms with E-state index in [0.29, 0.717) is 19.5 Å². The van der Waals surface area contributed by atoms with Crippen molar-refractivity contribution in [3.8, 4) is 0 Å². The van der Waals surface area contributed by atoms with Crippen molar-refractivity contribution in [1.29, 1.82) is 0 Å². The Bertz CT molecular complexity index is 389. The zero-order valence-corrected chi connectivity index (χ0v) is 12.2. The SMILES string of the molecule is CC(C)(C)[N+]1(C(=O)O)CCC[C@@H](N2CCCC2=O)C1. The standard InChI is InChI=1S/C14H24N2O3/c1-14(2,3)16(13(18)19)9-5-6-11(10-16)15-8-4-7-12(15)17/h11H,4-10H2,1-3H3/p+1/t11-,16?/m1/s1. The lowest BCUT2D eigenvalue weighted by atomic mass is 9.93. The van der Waals surface area contributed by atoms with Crippen LogP contribution < -0.4 is 0 Å². The highest BCUT2D eigenvalue weighted by Gasteiger charge is 2.52. The van der Waals surface area contributed by atoms with Gasteiger partial charge in [0.05, 0.1) is 12.6 Å². The molecule has 0 aromatic carbocycles. The zero-order valence-electron chi connectivity index (χ0n) is 12.2. The van der Waals surface area contributed by atoms with Crippen molar-refractivity contribution in [2.24, 2.45) is 0 Å². The molecule has 2 atom stereocenters. The molecule has 2 saturated heterocycles. The lowest BCUT2D eigenvalue weighted by Crippen LogP contribution is -2.69. The van der Waals surface area contributed by atoms with Crippen LogP contribution in [0.15, 0.2) is 0 Å². The van der Waals surface area contributed by atoms with Gasteiger partial charge in [0.2, 0.25) is 5.91 Å². The first-order chi connectivity index (χ1) is 8.78. The van der Waals surface area contributed by atoms with Gasteiger partial charge in [-0.2, -0.15) is 4.79 Å². The maximum absolute atomic E-state index is 11.9. The smallest absolute Gasteiger partial charge is 0.435 e. The highest BCUT2D eigenvalue weighted by atomic mass is 16.4. The number of hydrogen-bond acceptors (Lipinski definition) is 2. The first-order valence-corrected chi connectivity index (χ1v) is 7.18. The molecular formula is C14H25N2O3+. The summed E-state index contributed by atoms with van der Waals surface area (Å²) in [6.07, 6.45) is 2.59. The van der Waals surface area contributed by atoms with Crippen LogP contribution in [0, 0.1) is 0 Å². The van der Waals surface area contributed by atoms with Crippen molar-refractivity contribution in [2.45, 2.75) is 58.0 Å². The quantitative estimate of drug-likeness (QED) is 0.741. The van der Waals surface area contributed by atoms with Gasteiger partial charge >= 0.3 is 6.09 Å². The van der Waals surface area contributed by atoms with Crippen LogP contribution in [0.2, 0.25) is 0 Å². The molecule has 0 aliphatic carbocycles. The number of amides is 2. The highest BCUT2D eigenvalue weighted by molar-refractivity contribution is 5.78. The Morgan fingerprint density at radius 1 is 1.37 bits per heavy atom. The highest BCUT2D eigenvalue weighted by Crippen LogP contribution is 2.33. The minimum Gasteiger partial charge on any atom is -0.435 e. The molecule has 1 N–H and O–H groups in total. The van der Waals surface area contributed by atoms with E-state index in [2.05, 4.69) is 0 Å². The van der Waals surface area contributed by atoms with E-state index in [0.717, 1.165) is 25.8 Å². The number of carboxylic acid groups (broad SMARTS) is 1. The van der Waals surface area contributed by atoms with Gasteiger partial charge in [-0.1, -0.05) is 0 Å². The van der Waals surface area contributed by atoms with Crippen molar-refractivity contribution in [3.05, 3.63) is 0 Å². The van der Waals surface area contributed by atoms with Crippen LogP contribution in [0.3, 0.4) is 0 Å². The molecule has 0 aromatic rings. The molecule has 2 aliphatic rings. The minimum absolute atomic E-state index is 0.0709. The molecule has 19 heavy (non-hydrogen) atoms. The van der Waals surface area contributed by atoms with E-state index in [1.54, 1.807) is 0 Å². The Kier molecular flexibility index (Phi) is 3.60. The maximum atomic E-state index is 11.9. The van der Waals surface area contributed by atoms with Gasteiger partial charge < -0.3 is 10.0 Å². The number of piperidine rings is 1. The number of carbonyl (C=O) groups is 2. The molecule has 0 saturated carbocycles. The van der Waals surface area contributed by atoms with E-state index in [9.17, 15) is 14.7 Å². The topological polar surface area (TPSA) is 57.6 Å². The van der Waals surface area contributed by atoms with Gasteiger partial charge in [0.15, 0.2) is 0 Å². The van der Waals surface area contributed by atoms with Gasteiger partial charge in [-0.3, -0.25) is 4.79 Å². The number of quaternary nitrogens is 1. The molecule has 2 fully saturated rings. The van der Waals surface area contributed by atoms with E-state index < -0.39 is 6.09 Å². The number of rotatable bonds is 1. The monoisotopic (exact) mass is 269 g/mol. The van der Waals surface area contributed by atoms with Crippen LogP contribution in [0.1, 0.15) is 46.5 Å². The van der Waals surface area contributed by atoms with E-state index in [-0.39, 0.29) is 22.0 Å². The van der Waals surface area contributed by atoms with Crippen LogP contribution in [0.25, 0.3) is 0 Å². The molecule has 0 spiro atoms. The first-order valence-electron chi connectivity index (χ1n) is 7.18. The molecule has 0 bridgehead atoms. The second kappa shape index (κ2) is 4.78. The summed E-state index contributed by atoms with van der Waals surface area (Å²) < 4.78 is 0.0709. The molecule has 2 heterocycles. The van der Waals surface area contributed by atoms with Crippen molar-refractivity contribution in [3.63, 3.8) is 0 Å². The largest absolute Gasteiger partial charge is 0.514 e.